The molecule has 0 bridgehead atoms. The molecule has 0 saturated carbocycles. The molecule has 1 N–H and O–H groups in total. The molecule has 1 aromatic carbocycles. The number of sulfonamides is 2. The number of allylic oxidation sites excluding steroid dienone is 4. The fraction of sp³-hybridized carbons (Fsp3) is 0.444. The van der Waals surface area contributed by atoms with Gasteiger partial charge in [0.25, 0.3) is 0 Å². The highest BCUT2D eigenvalue weighted by Crippen LogP contribution is 2.29. The highest BCUT2D eigenvalue weighted by atomic mass is 32.2. The van der Waals surface area contributed by atoms with Gasteiger partial charge in [0, 0.05) is 19.6 Å². The number of benzene rings is 1. The first-order chi connectivity index (χ1) is 12.4. The minimum Gasteiger partial charge on any atom is -0.207 e. The lowest BCUT2D eigenvalue weighted by atomic mass is 10.2. The van der Waals surface area contributed by atoms with Crippen LogP contribution in [-0.4, -0.2) is 34.2 Å². The van der Waals surface area contributed by atoms with Crippen LogP contribution < -0.4 is 4.72 Å². The molecule has 0 radical (unpaired) electrons. The quantitative estimate of drug-likeness (QED) is 0.801. The van der Waals surface area contributed by atoms with E-state index in [9.17, 15) is 16.8 Å². The minimum absolute atomic E-state index is 0.197. The van der Waals surface area contributed by atoms with Gasteiger partial charge in [-0.3, -0.25) is 0 Å². The number of nitrogens with one attached hydrogen (secondary N) is 1. The van der Waals surface area contributed by atoms with Gasteiger partial charge in [-0.25, -0.2) is 21.6 Å². The van der Waals surface area contributed by atoms with Crippen LogP contribution in [0.25, 0.3) is 0 Å². The number of hydrogen-bond acceptors (Lipinski definition) is 4. The molecule has 1 aliphatic heterocycles. The van der Waals surface area contributed by atoms with Gasteiger partial charge >= 0.3 is 0 Å². The first kappa shape index (κ1) is 19.3. The third-order valence-electron chi connectivity index (χ3n) is 4.71. The fourth-order valence-electron chi connectivity index (χ4n) is 3.18. The van der Waals surface area contributed by atoms with Crippen molar-refractivity contribution in [2.45, 2.75) is 38.6 Å². The highest BCUT2D eigenvalue weighted by molar-refractivity contribution is 7.93. The lowest BCUT2D eigenvalue weighted by Gasteiger charge is -2.27. The van der Waals surface area contributed by atoms with E-state index in [1.54, 1.807) is 0 Å². The summed E-state index contributed by atoms with van der Waals surface area (Å²) >= 11 is 0. The lowest BCUT2D eigenvalue weighted by molar-refractivity contribution is 0.349. The molecule has 8 heteroatoms. The van der Waals surface area contributed by atoms with Crippen LogP contribution in [0.15, 0.2) is 52.3 Å². The molecule has 142 valence electrons. The van der Waals surface area contributed by atoms with Crippen LogP contribution in [0.3, 0.4) is 0 Å². The molecular formula is C18H24N2O4S2. The monoisotopic (exact) mass is 396 g/mol. The Bertz CT molecular complexity index is 898. The molecule has 1 saturated heterocycles. The summed E-state index contributed by atoms with van der Waals surface area (Å²) in [5.41, 5.74) is 0.872. The average Bonchev–Trinajstić information content (AvgIpc) is 2.68. The van der Waals surface area contributed by atoms with E-state index in [4.69, 9.17) is 0 Å². The molecule has 0 amide bonds. The normalized spacial score (nSPS) is 19.7. The molecule has 1 aliphatic carbocycles. The van der Waals surface area contributed by atoms with Crippen molar-refractivity contribution < 1.29 is 16.8 Å². The molecule has 0 atom stereocenters. The number of hydrogen-bond donors (Lipinski definition) is 1. The Labute approximate surface area is 155 Å². The van der Waals surface area contributed by atoms with Gasteiger partial charge in [-0.1, -0.05) is 36.8 Å². The Hall–Kier alpha value is -1.48. The maximum atomic E-state index is 12.7. The zero-order valence-electron chi connectivity index (χ0n) is 14.6. The summed E-state index contributed by atoms with van der Waals surface area (Å²) in [6.07, 6.45) is 6.11. The van der Waals surface area contributed by atoms with E-state index in [2.05, 4.69) is 4.72 Å². The van der Waals surface area contributed by atoms with Crippen LogP contribution >= 0.6 is 0 Å². The lowest BCUT2D eigenvalue weighted by Crippen LogP contribution is -2.36. The molecule has 0 unspecified atom stereocenters. The predicted octanol–water partition coefficient (Wildman–Crippen LogP) is 2.48. The van der Waals surface area contributed by atoms with E-state index in [-0.39, 0.29) is 24.3 Å². The summed E-state index contributed by atoms with van der Waals surface area (Å²) in [5, 5.41) is 0. The van der Waals surface area contributed by atoms with Crippen LogP contribution in [0.4, 0.5) is 0 Å². The third-order valence-corrected chi connectivity index (χ3v) is 8.32. The fourth-order valence-corrected chi connectivity index (χ4v) is 6.01. The van der Waals surface area contributed by atoms with Crippen molar-refractivity contribution >= 4 is 20.0 Å². The molecule has 0 aromatic heterocycles. The predicted molar refractivity (Wildman–Crippen MR) is 102 cm³/mol. The Morgan fingerprint density at radius 1 is 0.846 bits per heavy atom. The first-order valence-electron chi connectivity index (χ1n) is 8.83. The van der Waals surface area contributed by atoms with E-state index in [0.717, 1.165) is 24.8 Å². The van der Waals surface area contributed by atoms with Gasteiger partial charge in [0.1, 0.15) is 0 Å². The largest absolute Gasteiger partial charge is 0.239 e. The summed E-state index contributed by atoms with van der Waals surface area (Å²) in [6, 6.07) is 9.27. The zero-order chi connectivity index (χ0) is 18.6. The van der Waals surface area contributed by atoms with Crippen LogP contribution in [0, 0.1) is 0 Å². The Morgan fingerprint density at radius 2 is 1.46 bits per heavy atom. The standard InChI is InChI=1S/C18H24N2O4S2/c21-25(22,19-15-16-7-3-1-4-8-16)17-9-11-18(12-10-17)26(23,24)20-13-5-2-6-14-20/h1,3-4,7-9,11,19H,2,5-6,10,12-15H2. The summed E-state index contributed by atoms with van der Waals surface area (Å²) in [6.45, 7) is 1.31. The van der Waals surface area contributed by atoms with Crippen LogP contribution in [-0.2, 0) is 26.6 Å². The number of nitrogens with zero attached hydrogens (tertiary/aromatic N) is 1. The van der Waals surface area contributed by atoms with Gasteiger partial charge in [-0.15, -0.1) is 0 Å². The van der Waals surface area contributed by atoms with Gasteiger partial charge in [0.05, 0.1) is 9.81 Å². The Morgan fingerprint density at radius 3 is 2.08 bits per heavy atom. The van der Waals surface area contributed by atoms with Gasteiger partial charge in [-0.05, 0) is 43.4 Å². The van der Waals surface area contributed by atoms with Crippen molar-refractivity contribution in [2.75, 3.05) is 13.1 Å². The van der Waals surface area contributed by atoms with Crippen molar-refractivity contribution in [3.8, 4) is 0 Å². The first-order valence-corrected chi connectivity index (χ1v) is 11.8. The van der Waals surface area contributed by atoms with E-state index in [0.29, 0.717) is 18.0 Å². The van der Waals surface area contributed by atoms with Crippen LogP contribution in [0.1, 0.15) is 37.7 Å². The zero-order valence-corrected chi connectivity index (χ0v) is 16.2. The molecule has 1 heterocycles. The van der Waals surface area contributed by atoms with Crippen molar-refractivity contribution in [3.63, 3.8) is 0 Å². The third kappa shape index (κ3) is 4.43. The second-order valence-electron chi connectivity index (χ2n) is 6.54. The van der Waals surface area contributed by atoms with E-state index >= 15 is 0 Å². The Balaban J connectivity index is 1.70. The highest BCUT2D eigenvalue weighted by Gasteiger charge is 2.30. The molecule has 2 aliphatic rings. The molecule has 3 rings (SSSR count). The molecule has 6 nitrogen and oxygen atoms in total. The minimum atomic E-state index is -3.62. The van der Waals surface area contributed by atoms with Crippen molar-refractivity contribution in [3.05, 3.63) is 57.9 Å². The van der Waals surface area contributed by atoms with Gasteiger partial charge in [-0.2, -0.15) is 4.31 Å². The summed E-state index contributed by atoms with van der Waals surface area (Å²) in [4.78, 5) is 0.535. The molecule has 26 heavy (non-hydrogen) atoms. The maximum Gasteiger partial charge on any atom is 0.239 e. The average molecular weight is 397 g/mol. The molecule has 1 fully saturated rings. The molecule has 0 spiro atoms. The van der Waals surface area contributed by atoms with Gasteiger partial charge < -0.3 is 0 Å². The topological polar surface area (TPSA) is 83.5 Å². The van der Waals surface area contributed by atoms with E-state index in [1.807, 2.05) is 30.3 Å². The van der Waals surface area contributed by atoms with E-state index in [1.165, 1.54) is 16.5 Å². The summed E-state index contributed by atoms with van der Waals surface area (Å²) in [5.74, 6) is 0. The summed E-state index contributed by atoms with van der Waals surface area (Å²) in [7, 11) is -7.09. The maximum absolute atomic E-state index is 12.7. The SMILES string of the molecule is O=S(=O)(NCc1ccccc1)C1=CC=C(S(=O)(=O)N2CCCCC2)CC1. The van der Waals surface area contributed by atoms with Crippen molar-refractivity contribution in [2.24, 2.45) is 0 Å². The molecule has 1 aromatic rings. The van der Waals surface area contributed by atoms with Crippen molar-refractivity contribution in [1.82, 2.24) is 9.03 Å². The molecular weight excluding hydrogens is 372 g/mol. The van der Waals surface area contributed by atoms with Gasteiger partial charge in [0.2, 0.25) is 20.0 Å². The summed E-state index contributed by atoms with van der Waals surface area (Å²) < 4.78 is 54.3. The van der Waals surface area contributed by atoms with E-state index < -0.39 is 20.0 Å². The van der Waals surface area contributed by atoms with Crippen molar-refractivity contribution in [1.29, 1.82) is 0 Å². The van der Waals surface area contributed by atoms with Crippen LogP contribution in [0.2, 0.25) is 0 Å². The van der Waals surface area contributed by atoms with Crippen LogP contribution in [0.5, 0.6) is 0 Å². The Kier molecular flexibility index (Phi) is 5.96. The smallest absolute Gasteiger partial charge is 0.207 e. The second-order valence-corrected chi connectivity index (χ2v) is 10.4. The second kappa shape index (κ2) is 8.04. The number of rotatable bonds is 6. The van der Waals surface area contributed by atoms with Gasteiger partial charge in [0.15, 0.2) is 0 Å². The number of piperidine rings is 1.